The minimum absolute atomic E-state index is 0.0872. The van der Waals surface area contributed by atoms with Gasteiger partial charge in [-0.05, 0) is 17.7 Å². The molecule has 1 fully saturated rings. The number of alkyl halides is 1. The number of hydrogen-bond acceptors (Lipinski definition) is 8. The summed E-state index contributed by atoms with van der Waals surface area (Å²) in [4.78, 5) is 34.7. The molecular formula is C17H16ClN3O5S. The predicted molar refractivity (Wildman–Crippen MR) is 101 cm³/mol. The summed E-state index contributed by atoms with van der Waals surface area (Å²) in [6, 6.07) is 6.92. The Morgan fingerprint density at radius 1 is 1.33 bits per heavy atom. The number of ether oxygens (including phenoxy) is 2. The fourth-order valence-electron chi connectivity index (χ4n) is 2.67. The SMILES string of the molecule is CO/N=C(\C(=O)OC)c1csc(N2C(=O)C(Cl)C2c2cccc(OC)c2)n1. The molecule has 0 aliphatic carbocycles. The molecular weight excluding hydrogens is 394 g/mol. The third kappa shape index (κ3) is 3.47. The van der Waals surface area contributed by atoms with Crippen molar-refractivity contribution in [2.75, 3.05) is 26.2 Å². The highest BCUT2D eigenvalue weighted by atomic mass is 35.5. The molecule has 0 bridgehead atoms. The van der Waals surface area contributed by atoms with Gasteiger partial charge in [-0.3, -0.25) is 9.69 Å². The molecule has 1 aromatic heterocycles. The van der Waals surface area contributed by atoms with Crippen LogP contribution in [-0.2, 0) is 19.2 Å². The molecule has 1 aliphatic heterocycles. The number of thiazole rings is 1. The lowest BCUT2D eigenvalue weighted by molar-refractivity contribution is -0.132. The average Bonchev–Trinajstić information content (AvgIpc) is 3.17. The number of carbonyl (C=O) groups excluding carboxylic acids is 2. The fraction of sp³-hybridized carbons (Fsp3) is 0.294. The van der Waals surface area contributed by atoms with Crippen molar-refractivity contribution in [1.82, 2.24) is 4.98 Å². The summed E-state index contributed by atoms with van der Waals surface area (Å²) in [5.74, 6) is -0.299. The van der Waals surface area contributed by atoms with Gasteiger partial charge in [0.15, 0.2) is 5.13 Å². The van der Waals surface area contributed by atoms with Crippen molar-refractivity contribution >= 4 is 45.7 Å². The first-order chi connectivity index (χ1) is 13.0. The number of benzene rings is 1. The van der Waals surface area contributed by atoms with E-state index in [1.54, 1.807) is 12.5 Å². The predicted octanol–water partition coefficient (Wildman–Crippen LogP) is 2.37. The lowest BCUT2D eigenvalue weighted by Crippen LogP contribution is -2.56. The van der Waals surface area contributed by atoms with E-state index in [1.165, 1.54) is 30.5 Å². The van der Waals surface area contributed by atoms with Crippen molar-refractivity contribution in [3.63, 3.8) is 0 Å². The number of halogens is 1. The van der Waals surface area contributed by atoms with Gasteiger partial charge in [0.25, 0.3) is 0 Å². The zero-order chi connectivity index (χ0) is 19.6. The molecule has 10 heteroatoms. The van der Waals surface area contributed by atoms with Crippen LogP contribution in [0.1, 0.15) is 17.3 Å². The monoisotopic (exact) mass is 409 g/mol. The molecule has 2 heterocycles. The summed E-state index contributed by atoms with van der Waals surface area (Å²) >= 11 is 7.45. The van der Waals surface area contributed by atoms with Crippen LogP contribution in [0.4, 0.5) is 5.13 Å². The van der Waals surface area contributed by atoms with Gasteiger partial charge in [0, 0.05) is 5.38 Å². The molecule has 2 aromatic rings. The zero-order valence-electron chi connectivity index (χ0n) is 14.7. The number of oxime groups is 1. The van der Waals surface area contributed by atoms with Crippen molar-refractivity contribution in [3.05, 3.63) is 40.9 Å². The molecule has 1 aliphatic rings. The smallest absolute Gasteiger partial charge is 0.362 e. The third-order valence-electron chi connectivity index (χ3n) is 3.97. The van der Waals surface area contributed by atoms with Crippen molar-refractivity contribution < 1.29 is 23.9 Å². The molecule has 1 amide bonds. The standard InChI is InChI=1S/C17H16ClN3O5S/c1-24-10-6-4-5-9(7-10)14-12(18)15(22)21(14)17-19-11(8-27-17)13(20-26-3)16(23)25-2/h4-8,12,14H,1-3H3/b20-13-. The highest BCUT2D eigenvalue weighted by molar-refractivity contribution is 7.14. The molecule has 3 rings (SSSR count). The van der Waals surface area contributed by atoms with Crippen LogP contribution in [0.3, 0.4) is 0 Å². The van der Waals surface area contributed by atoms with Gasteiger partial charge in [-0.25, -0.2) is 9.78 Å². The summed E-state index contributed by atoms with van der Waals surface area (Å²) in [5, 5.41) is 4.94. The maximum absolute atomic E-state index is 12.4. The van der Waals surface area contributed by atoms with Gasteiger partial charge in [0.1, 0.15) is 23.9 Å². The number of methoxy groups -OCH3 is 2. The van der Waals surface area contributed by atoms with Crippen molar-refractivity contribution in [3.8, 4) is 5.75 Å². The maximum atomic E-state index is 12.4. The van der Waals surface area contributed by atoms with E-state index in [0.29, 0.717) is 10.9 Å². The summed E-state index contributed by atoms with van der Waals surface area (Å²) in [6.45, 7) is 0. The van der Waals surface area contributed by atoms with E-state index in [0.717, 1.165) is 5.56 Å². The van der Waals surface area contributed by atoms with E-state index >= 15 is 0 Å². The normalized spacial score (nSPS) is 19.5. The van der Waals surface area contributed by atoms with Crippen LogP contribution in [0.5, 0.6) is 5.75 Å². The van der Waals surface area contributed by atoms with Crippen LogP contribution in [0.25, 0.3) is 0 Å². The van der Waals surface area contributed by atoms with Crippen LogP contribution < -0.4 is 9.64 Å². The van der Waals surface area contributed by atoms with Gasteiger partial charge in [-0.2, -0.15) is 0 Å². The van der Waals surface area contributed by atoms with Gasteiger partial charge in [0.2, 0.25) is 11.6 Å². The number of rotatable bonds is 6. The van der Waals surface area contributed by atoms with Crippen LogP contribution in [0, 0.1) is 0 Å². The number of nitrogens with zero attached hydrogens (tertiary/aromatic N) is 3. The lowest BCUT2D eigenvalue weighted by Gasteiger charge is -2.42. The van der Waals surface area contributed by atoms with Gasteiger partial charge < -0.3 is 14.3 Å². The van der Waals surface area contributed by atoms with E-state index in [9.17, 15) is 9.59 Å². The van der Waals surface area contributed by atoms with E-state index in [1.807, 2.05) is 24.3 Å². The van der Waals surface area contributed by atoms with Gasteiger partial charge >= 0.3 is 5.97 Å². The molecule has 0 radical (unpaired) electrons. The minimum Gasteiger partial charge on any atom is -0.497 e. The second-order valence-corrected chi connectivity index (χ2v) is 6.77. The largest absolute Gasteiger partial charge is 0.497 e. The van der Waals surface area contributed by atoms with Crippen LogP contribution in [-0.4, -0.2) is 49.3 Å². The summed E-state index contributed by atoms with van der Waals surface area (Å²) in [5.41, 5.74) is 0.985. The second-order valence-electron chi connectivity index (χ2n) is 5.46. The van der Waals surface area contributed by atoms with Crippen molar-refractivity contribution in [2.45, 2.75) is 11.4 Å². The first-order valence-electron chi connectivity index (χ1n) is 7.78. The Morgan fingerprint density at radius 2 is 2.11 bits per heavy atom. The number of aromatic nitrogens is 1. The summed E-state index contributed by atoms with van der Waals surface area (Å²) < 4.78 is 9.92. The van der Waals surface area contributed by atoms with Crippen molar-refractivity contribution in [2.24, 2.45) is 5.16 Å². The van der Waals surface area contributed by atoms with Gasteiger partial charge in [0.05, 0.1) is 20.3 Å². The fourth-order valence-corrected chi connectivity index (χ4v) is 3.88. The Balaban J connectivity index is 1.93. The number of esters is 1. The molecule has 0 saturated carbocycles. The van der Waals surface area contributed by atoms with Gasteiger partial charge in [-0.15, -0.1) is 22.9 Å². The first kappa shape index (κ1) is 19.1. The molecule has 2 atom stereocenters. The Labute approximate surface area is 164 Å². The molecule has 1 aromatic carbocycles. The van der Waals surface area contributed by atoms with Crippen LogP contribution in [0.15, 0.2) is 34.8 Å². The Hall–Kier alpha value is -2.65. The molecule has 2 unspecified atom stereocenters. The highest BCUT2D eigenvalue weighted by Crippen LogP contribution is 2.43. The number of carbonyl (C=O) groups is 2. The van der Waals surface area contributed by atoms with Crippen LogP contribution >= 0.6 is 22.9 Å². The number of anilines is 1. The Morgan fingerprint density at radius 3 is 2.78 bits per heavy atom. The van der Waals surface area contributed by atoms with E-state index < -0.39 is 17.4 Å². The van der Waals surface area contributed by atoms with E-state index in [-0.39, 0.29) is 17.3 Å². The first-order valence-corrected chi connectivity index (χ1v) is 9.09. The third-order valence-corrected chi connectivity index (χ3v) is 5.23. The summed E-state index contributed by atoms with van der Waals surface area (Å²) in [6.07, 6.45) is 0. The van der Waals surface area contributed by atoms with Crippen LogP contribution in [0.2, 0.25) is 0 Å². The quantitative estimate of drug-likeness (QED) is 0.239. The minimum atomic E-state index is -0.711. The Bertz CT molecular complexity index is 900. The van der Waals surface area contributed by atoms with Gasteiger partial charge in [-0.1, -0.05) is 17.3 Å². The molecule has 142 valence electrons. The molecule has 1 saturated heterocycles. The average molecular weight is 410 g/mol. The number of hydrogen-bond donors (Lipinski definition) is 0. The second kappa shape index (κ2) is 7.93. The summed E-state index contributed by atoms with van der Waals surface area (Å²) in [7, 11) is 4.11. The van der Waals surface area contributed by atoms with Crippen molar-refractivity contribution in [1.29, 1.82) is 0 Å². The topological polar surface area (TPSA) is 90.3 Å². The molecule has 0 N–H and O–H groups in total. The lowest BCUT2D eigenvalue weighted by atomic mass is 9.94. The number of amides is 1. The van der Waals surface area contributed by atoms with E-state index in [2.05, 4.69) is 19.7 Å². The zero-order valence-corrected chi connectivity index (χ0v) is 16.3. The van der Waals surface area contributed by atoms with E-state index in [4.69, 9.17) is 16.3 Å². The Kier molecular flexibility index (Phi) is 5.62. The highest BCUT2D eigenvalue weighted by Gasteiger charge is 2.49. The molecule has 27 heavy (non-hydrogen) atoms. The number of β-lactam (4-membered cyclic amide) rings is 1. The molecule has 0 spiro atoms. The molecule has 8 nitrogen and oxygen atoms in total. The maximum Gasteiger partial charge on any atom is 0.362 e.